The molecule has 0 saturated carbocycles. The summed E-state index contributed by atoms with van der Waals surface area (Å²) in [6.07, 6.45) is 1.77. The maximum Gasteiger partial charge on any atom is 0.227 e. The minimum atomic E-state index is -0.332. The van der Waals surface area contributed by atoms with Gasteiger partial charge in [0.15, 0.2) is 0 Å². The molecule has 0 aliphatic carbocycles. The summed E-state index contributed by atoms with van der Waals surface area (Å²) in [7, 11) is 0. The van der Waals surface area contributed by atoms with Gasteiger partial charge in [-0.1, -0.05) is 31.2 Å². The summed E-state index contributed by atoms with van der Waals surface area (Å²) in [4.78, 5) is 26.4. The Kier molecular flexibility index (Phi) is 5.66. The Labute approximate surface area is 153 Å². The van der Waals surface area contributed by atoms with Crippen molar-refractivity contribution in [1.82, 2.24) is 5.32 Å². The molecule has 1 N–H and O–H groups in total. The first-order chi connectivity index (χ1) is 12.6. The lowest BCUT2D eigenvalue weighted by Crippen LogP contribution is -2.34. The lowest BCUT2D eigenvalue weighted by Gasteiger charge is -2.17. The molecule has 1 heterocycles. The summed E-state index contributed by atoms with van der Waals surface area (Å²) in [5, 5.41) is 2.89. The zero-order valence-electron chi connectivity index (χ0n) is 14.9. The van der Waals surface area contributed by atoms with E-state index in [0.717, 1.165) is 17.7 Å². The first-order valence-corrected chi connectivity index (χ1v) is 8.98. The SMILES string of the molecule is CCc1cccc(N2C[C@@H](C(=O)NCCc3ccc(F)cc3)CC2=O)c1. The molecule has 1 saturated heterocycles. The van der Waals surface area contributed by atoms with E-state index in [0.29, 0.717) is 19.5 Å². The van der Waals surface area contributed by atoms with Crippen LogP contribution in [0.5, 0.6) is 0 Å². The van der Waals surface area contributed by atoms with Gasteiger partial charge in [-0.2, -0.15) is 0 Å². The van der Waals surface area contributed by atoms with E-state index in [2.05, 4.69) is 12.2 Å². The van der Waals surface area contributed by atoms with Crippen LogP contribution >= 0.6 is 0 Å². The number of benzene rings is 2. The molecule has 2 aromatic carbocycles. The molecule has 1 atom stereocenters. The monoisotopic (exact) mass is 354 g/mol. The largest absolute Gasteiger partial charge is 0.355 e. The van der Waals surface area contributed by atoms with Crippen molar-refractivity contribution in [1.29, 1.82) is 0 Å². The van der Waals surface area contributed by atoms with Gasteiger partial charge < -0.3 is 10.2 Å². The van der Waals surface area contributed by atoms with Crippen LogP contribution < -0.4 is 10.2 Å². The Morgan fingerprint density at radius 2 is 1.96 bits per heavy atom. The molecule has 0 aromatic heterocycles. The summed E-state index contributed by atoms with van der Waals surface area (Å²) < 4.78 is 12.9. The van der Waals surface area contributed by atoms with Crippen molar-refractivity contribution in [3.63, 3.8) is 0 Å². The lowest BCUT2D eigenvalue weighted by atomic mass is 10.1. The molecule has 5 heteroatoms. The number of nitrogens with zero attached hydrogens (tertiary/aromatic N) is 1. The number of anilines is 1. The molecule has 2 aromatic rings. The van der Waals surface area contributed by atoms with E-state index in [9.17, 15) is 14.0 Å². The van der Waals surface area contributed by atoms with Gasteiger partial charge in [-0.3, -0.25) is 9.59 Å². The predicted octanol–water partition coefficient (Wildman–Crippen LogP) is 3.10. The smallest absolute Gasteiger partial charge is 0.227 e. The van der Waals surface area contributed by atoms with Crippen molar-refractivity contribution < 1.29 is 14.0 Å². The van der Waals surface area contributed by atoms with Crippen molar-refractivity contribution >= 4 is 17.5 Å². The molecule has 0 radical (unpaired) electrons. The van der Waals surface area contributed by atoms with E-state index < -0.39 is 0 Å². The van der Waals surface area contributed by atoms with Crippen molar-refractivity contribution in [2.75, 3.05) is 18.0 Å². The number of carbonyl (C=O) groups is 2. The molecule has 2 amide bonds. The molecular formula is C21H23FN2O2. The van der Waals surface area contributed by atoms with Crippen LogP contribution in [0.15, 0.2) is 48.5 Å². The molecule has 0 spiro atoms. The molecule has 26 heavy (non-hydrogen) atoms. The fourth-order valence-electron chi connectivity index (χ4n) is 3.20. The van der Waals surface area contributed by atoms with Crippen LogP contribution in [0.4, 0.5) is 10.1 Å². The summed E-state index contributed by atoms with van der Waals surface area (Å²) in [6, 6.07) is 14.1. The van der Waals surface area contributed by atoms with E-state index >= 15 is 0 Å². The van der Waals surface area contributed by atoms with E-state index in [1.165, 1.54) is 17.7 Å². The van der Waals surface area contributed by atoms with Gasteiger partial charge in [0.1, 0.15) is 5.82 Å². The van der Waals surface area contributed by atoms with Gasteiger partial charge in [0.05, 0.1) is 5.92 Å². The van der Waals surface area contributed by atoms with Gasteiger partial charge >= 0.3 is 0 Å². The number of amides is 2. The quantitative estimate of drug-likeness (QED) is 0.867. The minimum absolute atomic E-state index is 0.0167. The third-order valence-corrected chi connectivity index (χ3v) is 4.75. The molecule has 3 rings (SSSR count). The zero-order chi connectivity index (χ0) is 18.5. The highest BCUT2D eigenvalue weighted by molar-refractivity contribution is 6.00. The Balaban J connectivity index is 1.54. The van der Waals surface area contributed by atoms with Crippen LogP contribution in [0.1, 0.15) is 24.5 Å². The van der Waals surface area contributed by atoms with Crippen LogP contribution in [0.2, 0.25) is 0 Å². The summed E-state index contributed by atoms with van der Waals surface area (Å²) >= 11 is 0. The highest BCUT2D eigenvalue weighted by atomic mass is 19.1. The standard InChI is InChI=1S/C21H23FN2O2/c1-2-15-4-3-5-19(12-15)24-14-17(13-20(24)25)21(26)23-11-10-16-6-8-18(22)9-7-16/h3-9,12,17H,2,10-11,13-14H2,1H3,(H,23,26)/t17-/m0/s1. The number of rotatable bonds is 6. The maximum atomic E-state index is 12.9. The molecule has 0 unspecified atom stereocenters. The number of nitrogens with one attached hydrogen (secondary N) is 1. The zero-order valence-corrected chi connectivity index (χ0v) is 14.9. The van der Waals surface area contributed by atoms with Crippen LogP contribution in [0.25, 0.3) is 0 Å². The van der Waals surface area contributed by atoms with Crippen LogP contribution in [-0.2, 0) is 22.4 Å². The maximum absolute atomic E-state index is 12.9. The van der Waals surface area contributed by atoms with E-state index in [1.807, 2.05) is 24.3 Å². The second kappa shape index (κ2) is 8.13. The lowest BCUT2D eigenvalue weighted by molar-refractivity contribution is -0.126. The highest BCUT2D eigenvalue weighted by Crippen LogP contribution is 2.26. The van der Waals surface area contributed by atoms with Gasteiger partial charge in [0, 0.05) is 25.2 Å². The van der Waals surface area contributed by atoms with Gasteiger partial charge in [0.25, 0.3) is 0 Å². The molecular weight excluding hydrogens is 331 g/mol. The Morgan fingerprint density at radius 1 is 1.19 bits per heavy atom. The summed E-state index contributed by atoms with van der Waals surface area (Å²) in [5.41, 5.74) is 2.99. The Morgan fingerprint density at radius 3 is 2.69 bits per heavy atom. The Bertz CT molecular complexity index is 789. The summed E-state index contributed by atoms with van der Waals surface area (Å²) in [6.45, 7) is 2.96. The van der Waals surface area contributed by atoms with Crippen LogP contribution in [0.3, 0.4) is 0 Å². The van der Waals surface area contributed by atoms with Crippen molar-refractivity contribution in [3.05, 3.63) is 65.5 Å². The normalized spacial score (nSPS) is 16.8. The van der Waals surface area contributed by atoms with E-state index in [4.69, 9.17) is 0 Å². The van der Waals surface area contributed by atoms with Crippen molar-refractivity contribution in [2.45, 2.75) is 26.2 Å². The van der Waals surface area contributed by atoms with Gasteiger partial charge in [0.2, 0.25) is 11.8 Å². The van der Waals surface area contributed by atoms with Crippen LogP contribution in [0, 0.1) is 11.7 Å². The fraction of sp³-hybridized carbons (Fsp3) is 0.333. The second-order valence-electron chi connectivity index (χ2n) is 6.60. The van der Waals surface area contributed by atoms with Gasteiger partial charge in [-0.15, -0.1) is 0 Å². The average molecular weight is 354 g/mol. The minimum Gasteiger partial charge on any atom is -0.355 e. The highest BCUT2D eigenvalue weighted by Gasteiger charge is 2.34. The molecule has 0 bridgehead atoms. The summed E-state index contributed by atoms with van der Waals surface area (Å²) in [5.74, 6) is -0.720. The molecule has 136 valence electrons. The molecule has 1 fully saturated rings. The first kappa shape index (κ1) is 18.1. The number of hydrogen-bond donors (Lipinski definition) is 1. The van der Waals surface area contributed by atoms with E-state index in [1.54, 1.807) is 17.0 Å². The molecule has 1 aliphatic rings. The average Bonchev–Trinajstić information content (AvgIpc) is 3.05. The number of hydrogen-bond acceptors (Lipinski definition) is 2. The molecule has 4 nitrogen and oxygen atoms in total. The van der Waals surface area contributed by atoms with Crippen LogP contribution in [-0.4, -0.2) is 24.9 Å². The number of aryl methyl sites for hydroxylation is 1. The predicted molar refractivity (Wildman–Crippen MR) is 99.4 cm³/mol. The van der Waals surface area contributed by atoms with Crippen molar-refractivity contribution in [2.24, 2.45) is 5.92 Å². The number of carbonyl (C=O) groups excluding carboxylic acids is 2. The van der Waals surface area contributed by atoms with E-state index in [-0.39, 0.29) is 30.0 Å². The number of halogens is 1. The van der Waals surface area contributed by atoms with Gasteiger partial charge in [-0.25, -0.2) is 4.39 Å². The second-order valence-corrected chi connectivity index (χ2v) is 6.60. The third kappa shape index (κ3) is 4.28. The Hall–Kier alpha value is -2.69. The first-order valence-electron chi connectivity index (χ1n) is 8.98. The third-order valence-electron chi connectivity index (χ3n) is 4.75. The molecule has 1 aliphatic heterocycles. The topological polar surface area (TPSA) is 49.4 Å². The van der Waals surface area contributed by atoms with Crippen molar-refractivity contribution in [3.8, 4) is 0 Å². The fourth-order valence-corrected chi connectivity index (χ4v) is 3.20. The van der Waals surface area contributed by atoms with Gasteiger partial charge in [-0.05, 0) is 48.2 Å².